The molecule has 0 saturated carbocycles. The van der Waals surface area contributed by atoms with E-state index in [0.717, 1.165) is 44.3 Å². The third-order valence-electron chi connectivity index (χ3n) is 4.10. The highest BCUT2D eigenvalue weighted by molar-refractivity contribution is 7.98. The monoisotopic (exact) mass is 335 g/mol. The van der Waals surface area contributed by atoms with Crippen LogP contribution in [0, 0.1) is 0 Å². The number of unbranched alkanes of at least 4 members (excludes halogenated alkanes) is 1. The zero-order valence-electron chi connectivity index (χ0n) is 14.3. The molecule has 1 aliphatic rings. The van der Waals surface area contributed by atoms with Gasteiger partial charge in [0.25, 0.3) is 0 Å². The molecule has 2 N–H and O–H groups in total. The van der Waals surface area contributed by atoms with Crippen LogP contribution in [0.2, 0.25) is 0 Å². The highest BCUT2D eigenvalue weighted by atomic mass is 32.2. The van der Waals surface area contributed by atoms with Crippen LogP contribution in [0.4, 0.5) is 5.82 Å². The average Bonchev–Trinajstić information content (AvgIpc) is 2.62. The van der Waals surface area contributed by atoms with E-state index in [4.69, 9.17) is 0 Å². The second-order valence-electron chi connectivity index (χ2n) is 5.79. The number of hydrogen-bond acceptors (Lipinski definition) is 4. The molecule has 5 nitrogen and oxygen atoms in total. The van der Waals surface area contributed by atoms with E-state index in [-0.39, 0.29) is 0 Å². The van der Waals surface area contributed by atoms with Crippen molar-refractivity contribution in [2.24, 2.45) is 4.99 Å². The molecule has 0 unspecified atom stereocenters. The van der Waals surface area contributed by atoms with Crippen LogP contribution in [0.25, 0.3) is 0 Å². The molecule has 1 aromatic rings. The fourth-order valence-electron chi connectivity index (χ4n) is 2.76. The third-order valence-corrected chi connectivity index (χ3v) is 4.80. The van der Waals surface area contributed by atoms with Crippen LogP contribution in [0.15, 0.2) is 29.4 Å². The maximum atomic E-state index is 4.44. The summed E-state index contributed by atoms with van der Waals surface area (Å²) in [5, 5.41) is 6.98. The number of aliphatic imine (C=N–C) groups is 1. The zero-order chi connectivity index (χ0) is 16.3. The van der Waals surface area contributed by atoms with Crippen molar-refractivity contribution in [1.82, 2.24) is 15.6 Å². The summed E-state index contributed by atoms with van der Waals surface area (Å²) in [5.74, 6) is 3.26. The van der Waals surface area contributed by atoms with Gasteiger partial charge < -0.3 is 15.5 Å². The molecule has 0 amide bonds. The normalized spacial score (nSPS) is 16.4. The number of nitrogens with zero attached hydrogens (tertiary/aromatic N) is 3. The van der Waals surface area contributed by atoms with Gasteiger partial charge in [-0.15, -0.1) is 0 Å². The Bertz CT molecular complexity index is 457. The van der Waals surface area contributed by atoms with Crippen molar-refractivity contribution >= 4 is 23.5 Å². The molecule has 0 spiro atoms. The highest BCUT2D eigenvalue weighted by Gasteiger charge is 2.20. The minimum atomic E-state index is 0.493. The molecule has 128 valence electrons. The number of hydrogen-bond donors (Lipinski definition) is 2. The van der Waals surface area contributed by atoms with E-state index in [1.165, 1.54) is 18.6 Å². The molecule has 0 aliphatic carbocycles. The van der Waals surface area contributed by atoms with Gasteiger partial charge in [0, 0.05) is 38.9 Å². The van der Waals surface area contributed by atoms with E-state index in [0.29, 0.717) is 6.04 Å². The summed E-state index contributed by atoms with van der Waals surface area (Å²) in [6.45, 7) is 3.08. The number of thioether (sulfide) groups is 1. The van der Waals surface area contributed by atoms with Crippen LogP contribution in [0.5, 0.6) is 0 Å². The number of nitrogens with one attached hydrogen (secondary N) is 2. The van der Waals surface area contributed by atoms with Crippen molar-refractivity contribution in [2.75, 3.05) is 43.6 Å². The minimum absolute atomic E-state index is 0.493. The molecule has 1 aromatic heterocycles. The van der Waals surface area contributed by atoms with Gasteiger partial charge in [-0.3, -0.25) is 4.99 Å². The number of anilines is 1. The highest BCUT2D eigenvalue weighted by Crippen LogP contribution is 2.17. The predicted molar refractivity (Wildman–Crippen MR) is 102 cm³/mol. The summed E-state index contributed by atoms with van der Waals surface area (Å²) in [6.07, 6.45) is 8.70. The molecule has 2 rings (SSSR count). The first-order valence-corrected chi connectivity index (χ1v) is 9.85. The van der Waals surface area contributed by atoms with Crippen LogP contribution < -0.4 is 15.5 Å². The molecule has 2 heterocycles. The first-order chi connectivity index (χ1) is 11.3. The fraction of sp³-hybridized carbons (Fsp3) is 0.647. The van der Waals surface area contributed by atoms with Gasteiger partial charge in [-0.2, -0.15) is 11.8 Å². The van der Waals surface area contributed by atoms with Crippen LogP contribution in [0.3, 0.4) is 0 Å². The van der Waals surface area contributed by atoms with E-state index in [9.17, 15) is 0 Å². The summed E-state index contributed by atoms with van der Waals surface area (Å²) < 4.78 is 0. The Hall–Kier alpha value is -1.43. The van der Waals surface area contributed by atoms with Gasteiger partial charge >= 0.3 is 0 Å². The van der Waals surface area contributed by atoms with Crippen LogP contribution in [-0.4, -0.2) is 55.7 Å². The SMILES string of the molecule is CN=C(NCCCCSC)NC1CCN(c2ccccn2)CC1. The molecule has 0 radical (unpaired) electrons. The van der Waals surface area contributed by atoms with E-state index in [2.05, 4.69) is 43.9 Å². The van der Waals surface area contributed by atoms with E-state index < -0.39 is 0 Å². The Balaban J connectivity index is 1.68. The van der Waals surface area contributed by atoms with Gasteiger partial charge in [-0.25, -0.2) is 4.98 Å². The lowest BCUT2D eigenvalue weighted by Crippen LogP contribution is -2.49. The first kappa shape index (κ1) is 17.9. The van der Waals surface area contributed by atoms with Crippen molar-refractivity contribution in [2.45, 2.75) is 31.7 Å². The van der Waals surface area contributed by atoms with Gasteiger partial charge in [0.05, 0.1) is 0 Å². The molecular weight excluding hydrogens is 306 g/mol. The quantitative estimate of drug-likeness (QED) is 0.455. The molecule has 6 heteroatoms. The Kier molecular flexibility index (Phi) is 8.07. The molecule has 1 saturated heterocycles. The number of pyridine rings is 1. The average molecular weight is 336 g/mol. The second kappa shape index (κ2) is 10.4. The van der Waals surface area contributed by atoms with Gasteiger partial charge in [-0.1, -0.05) is 6.07 Å². The molecule has 23 heavy (non-hydrogen) atoms. The lowest BCUT2D eigenvalue weighted by molar-refractivity contribution is 0.459. The van der Waals surface area contributed by atoms with E-state index in [1.807, 2.05) is 31.1 Å². The Morgan fingerprint density at radius 3 is 2.83 bits per heavy atom. The summed E-state index contributed by atoms with van der Waals surface area (Å²) in [6, 6.07) is 6.60. The molecule has 0 aromatic carbocycles. The van der Waals surface area contributed by atoms with Crippen LogP contribution >= 0.6 is 11.8 Å². The van der Waals surface area contributed by atoms with Crippen molar-refractivity contribution < 1.29 is 0 Å². The summed E-state index contributed by atoms with van der Waals surface area (Å²) in [5.41, 5.74) is 0. The van der Waals surface area contributed by atoms with Crippen LogP contribution in [-0.2, 0) is 0 Å². The Morgan fingerprint density at radius 1 is 1.35 bits per heavy atom. The minimum Gasteiger partial charge on any atom is -0.356 e. The standard InChI is InChI=1S/C17H29N5S/c1-18-17(20-11-5-6-14-23-2)21-15-8-12-22(13-9-15)16-7-3-4-10-19-16/h3-4,7,10,15H,5-6,8-9,11-14H2,1-2H3,(H2,18,20,21). The predicted octanol–water partition coefficient (Wildman–Crippen LogP) is 2.36. The van der Waals surface area contributed by atoms with Gasteiger partial charge in [0.15, 0.2) is 5.96 Å². The van der Waals surface area contributed by atoms with E-state index >= 15 is 0 Å². The van der Waals surface area contributed by atoms with Crippen molar-refractivity contribution in [3.63, 3.8) is 0 Å². The van der Waals surface area contributed by atoms with Crippen molar-refractivity contribution in [1.29, 1.82) is 0 Å². The largest absolute Gasteiger partial charge is 0.356 e. The zero-order valence-corrected chi connectivity index (χ0v) is 15.1. The fourth-order valence-corrected chi connectivity index (χ4v) is 3.25. The number of guanidine groups is 1. The molecule has 1 aliphatic heterocycles. The summed E-state index contributed by atoms with van der Waals surface area (Å²) >= 11 is 1.91. The maximum absolute atomic E-state index is 4.44. The summed E-state index contributed by atoms with van der Waals surface area (Å²) in [7, 11) is 1.85. The second-order valence-corrected chi connectivity index (χ2v) is 6.78. The first-order valence-electron chi connectivity index (χ1n) is 8.45. The van der Waals surface area contributed by atoms with Gasteiger partial charge in [0.2, 0.25) is 0 Å². The van der Waals surface area contributed by atoms with Crippen molar-refractivity contribution in [3.05, 3.63) is 24.4 Å². The van der Waals surface area contributed by atoms with E-state index in [1.54, 1.807) is 0 Å². The third kappa shape index (κ3) is 6.29. The smallest absolute Gasteiger partial charge is 0.191 e. The number of rotatable bonds is 7. The molecule has 0 bridgehead atoms. The molecule has 1 fully saturated rings. The molecule has 0 atom stereocenters. The topological polar surface area (TPSA) is 52.6 Å². The lowest BCUT2D eigenvalue weighted by atomic mass is 10.1. The van der Waals surface area contributed by atoms with Gasteiger partial charge in [-0.05, 0) is 49.8 Å². The van der Waals surface area contributed by atoms with Crippen LogP contribution in [0.1, 0.15) is 25.7 Å². The van der Waals surface area contributed by atoms with Crippen molar-refractivity contribution in [3.8, 4) is 0 Å². The Morgan fingerprint density at radius 2 is 2.17 bits per heavy atom. The number of aromatic nitrogens is 1. The van der Waals surface area contributed by atoms with Gasteiger partial charge in [0.1, 0.15) is 5.82 Å². The molecular formula is C17H29N5S. The number of piperidine rings is 1. The lowest BCUT2D eigenvalue weighted by Gasteiger charge is -2.33. The maximum Gasteiger partial charge on any atom is 0.191 e. The Labute approximate surface area is 144 Å². The summed E-state index contributed by atoms with van der Waals surface area (Å²) in [4.78, 5) is 11.1.